The lowest BCUT2D eigenvalue weighted by atomic mass is 9.94. The minimum absolute atomic E-state index is 0.528. The highest BCUT2D eigenvalue weighted by Crippen LogP contribution is 2.32. The van der Waals surface area contributed by atoms with E-state index >= 15 is 0 Å². The molecule has 0 aliphatic carbocycles. The van der Waals surface area contributed by atoms with Crippen molar-refractivity contribution in [3.05, 3.63) is 0 Å². The molecule has 0 aromatic rings. The van der Waals surface area contributed by atoms with Crippen LogP contribution < -0.4 is 0 Å². The lowest BCUT2D eigenvalue weighted by Gasteiger charge is -2.29. The summed E-state index contributed by atoms with van der Waals surface area (Å²) in [5.74, 6) is -3.68. The van der Waals surface area contributed by atoms with Crippen molar-refractivity contribution in [3.8, 4) is 0 Å². The molecular formula is C11H9Cl9O6. The van der Waals surface area contributed by atoms with E-state index in [4.69, 9.17) is 119 Å². The van der Waals surface area contributed by atoms with E-state index in [0.717, 1.165) is 0 Å². The Morgan fingerprint density at radius 2 is 0.769 bits per heavy atom. The average Bonchev–Trinajstić information content (AvgIpc) is 2.45. The minimum Gasteiger partial charge on any atom is -0.462 e. The van der Waals surface area contributed by atoms with E-state index in [1.165, 1.54) is 6.92 Å². The average molecular weight is 556 g/mol. The van der Waals surface area contributed by atoms with Gasteiger partial charge < -0.3 is 14.2 Å². The number of ether oxygens (including phenoxy) is 3. The Balaban J connectivity index is 5.10. The van der Waals surface area contributed by atoms with Gasteiger partial charge in [-0.3, -0.25) is 0 Å². The monoisotopic (exact) mass is 552 g/mol. The summed E-state index contributed by atoms with van der Waals surface area (Å²) in [7, 11) is 0. The Bertz CT molecular complexity index is 460. The lowest BCUT2D eigenvalue weighted by molar-refractivity contribution is -0.159. The standard InChI is InChI=1S/C11H9Cl9O6/c1-8(2-24-5(21)9(12,13)14,3-25-6(22)10(15,16)17)4-26-7(23)11(18,19)20/h2-4H2,1H3. The summed E-state index contributed by atoms with van der Waals surface area (Å²) in [6, 6.07) is 0. The van der Waals surface area contributed by atoms with Crippen LogP contribution in [0.1, 0.15) is 6.92 Å². The molecule has 152 valence electrons. The fourth-order valence-electron chi connectivity index (χ4n) is 1.09. The highest BCUT2D eigenvalue weighted by molar-refractivity contribution is 6.76. The Kier molecular flexibility index (Phi) is 10.6. The quantitative estimate of drug-likeness (QED) is 0.268. The predicted molar refractivity (Wildman–Crippen MR) is 102 cm³/mol. The maximum atomic E-state index is 11.5. The highest BCUT2D eigenvalue weighted by Gasteiger charge is 2.40. The van der Waals surface area contributed by atoms with Gasteiger partial charge >= 0.3 is 17.9 Å². The molecular weight excluding hydrogens is 547 g/mol. The van der Waals surface area contributed by atoms with Crippen LogP contribution >= 0.6 is 104 Å². The van der Waals surface area contributed by atoms with Gasteiger partial charge in [0, 0.05) is 0 Å². The van der Waals surface area contributed by atoms with E-state index in [0.29, 0.717) is 0 Å². The number of rotatable bonds is 6. The molecule has 0 unspecified atom stereocenters. The molecule has 15 heteroatoms. The van der Waals surface area contributed by atoms with Gasteiger partial charge in [-0.2, -0.15) is 0 Å². The first kappa shape index (κ1) is 27.0. The van der Waals surface area contributed by atoms with Crippen molar-refractivity contribution in [1.82, 2.24) is 0 Å². The van der Waals surface area contributed by atoms with Crippen LogP contribution in [-0.2, 0) is 28.6 Å². The number of carbonyl (C=O) groups excluding carboxylic acids is 3. The first-order valence-corrected chi connectivity index (χ1v) is 9.50. The van der Waals surface area contributed by atoms with Crippen molar-refractivity contribution in [1.29, 1.82) is 0 Å². The zero-order chi connectivity index (χ0) is 21.0. The largest absolute Gasteiger partial charge is 0.462 e. The summed E-state index contributed by atoms with van der Waals surface area (Å²) in [5.41, 5.74) is -1.36. The molecule has 0 amide bonds. The topological polar surface area (TPSA) is 78.9 Å². The Labute approximate surface area is 193 Å². The van der Waals surface area contributed by atoms with Crippen LogP contribution in [0.2, 0.25) is 0 Å². The molecule has 0 aromatic heterocycles. The van der Waals surface area contributed by atoms with Crippen LogP contribution in [0.25, 0.3) is 0 Å². The molecule has 0 spiro atoms. The fraction of sp³-hybridized carbons (Fsp3) is 0.727. The van der Waals surface area contributed by atoms with Crippen molar-refractivity contribution < 1.29 is 28.6 Å². The summed E-state index contributed by atoms with van der Waals surface area (Å²) < 4.78 is 7.30. The van der Waals surface area contributed by atoms with Crippen LogP contribution in [0.4, 0.5) is 0 Å². The van der Waals surface area contributed by atoms with E-state index in [9.17, 15) is 14.4 Å². The third-order valence-electron chi connectivity index (χ3n) is 2.35. The summed E-state index contributed by atoms with van der Waals surface area (Å²) in [4.78, 5) is 34.6. The Morgan fingerprint density at radius 1 is 0.577 bits per heavy atom. The van der Waals surface area contributed by atoms with Gasteiger partial charge in [0.1, 0.15) is 19.8 Å². The van der Waals surface area contributed by atoms with E-state index in [2.05, 4.69) is 0 Å². The van der Waals surface area contributed by atoms with E-state index in [-0.39, 0.29) is 0 Å². The number of esters is 3. The number of halogens is 9. The van der Waals surface area contributed by atoms with Crippen molar-refractivity contribution in [2.24, 2.45) is 5.41 Å². The molecule has 0 radical (unpaired) electrons. The molecule has 26 heavy (non-hydrogen) atoms. The number of carbonyl (C=O) groups is 3. The van der Waals surface area contributed by atoms with Gasteiger partial charge in [0.05, 0.1) is 5.41 Å². The normalized spacial score (nSPS) is 13.2. The Morgan fingerprint density at radius 3 is 0.923 bits per heavy atom. The minimum atomic E-state index is -2.36. The maximum absolute atomic E-state index is 11.5. The second-order valence-electron chi connectivity index (χ2n) is 5.03. The van der Waals surface area contributed by atoms with Crippen LogP contribution in [0.5, 0.6) is 0 Å². The number of alkyl halides is 9. The maximum Gasteiger partial charge on any atom is 0.358 e. The molecule has 0 saturated carbocycles. The zero-order valence-electron chi connectivity index (χ0n) is 12.5. The van der Waals surface area contributed by atoms with Crippen molar-refractivity contribution in [2.75, 3.05) is 19.8 Å². The third kappa shape index (κ3) is 10.5. The molecule has 6 nitrogen and oxygen atoms in total. The van der Waals surface area contributed by atoms with Gasteiger partial charge in [-0.05, 0) is 6.92 Å². The number of hydrogen-bond acceptors (Lipinski definition) is 6. The van der Waals surface area contributed by atoms with E-state index < -0.39 is 54.5 Å². The molecule has 0 heterocycles. The lowest BCUT2D eigenvalue weighted by Crippen LogP contribution is -2.40. The van der Waals surface area contributed by atoms with Gasteiger partial charge in [0.15, 0.2) is 0 Å². The number of hydrogen-bond donors (Lipinski definition) is 0. The molecule has 0 aromatic carbocycles. The van der Waals surface area contributed by atoms with Crippen LogP contribution in [-0.4, -0.2) is 49.1 Å². The molecule has 0 aliphatic heterocycles. The fourth-order valence-corrected chi connectivity index (χ4v) is 1.58. The first-order valence-electron chi connectivity index (χ1n) is 6.10. The van der Waals surface area contributed by atoms with Crippen LogP contribution in [0, 0.1) is 5.41 Å². The first-order chi connectivity index (χ1) is 11.4. The molecule has 0 aliphatic rings. The van der Waals surface area contributed by atoms with E-state index in [1.807, 2.05) is 0 Å². The van der Waals surface area contributed by atoms with Gasteiger partial charge in [-0.15, -0.1) is 0 Å². The van der Waals surface area contributed by atoms with Gasteiger partial charge in [0.2, 0.25) is 0 Å². The summed E-state index contributed by atoms with van der Waals surface area (Å²) in [5, 5.41) is 0. The summed E-state index contributed by atoms with van der Waals surface area (Å²) in [6.45, 7) is -0.212. The molecule has 0 rings (SSSR count). The third-order valence-corrected chi connectivity index (χ3v) is 3.74. The summed E-state index contributed by atoms with van der Waals surface area (Å²) >= 11 is 48.3. The zero-order valence-corrected chi connectivity index (χ0v) is 19.3. The van der Waals surface area contributed by atoms with Crippen molar-refractivity contribution in [2.45, 2.75) is 18.3 Å². The van der Waals surface area contributed by atoms with Crippen LogP contribution in [0.15, 0.2) is 0 Å². The van der Waals surface area contributed by atoms with Crippen molar-refractivity contribution in [3.63, 3.8) is 0 Å². The van der Waals surface area contributed by atoms with Crippen molar-refractivity contribution >= 4 is 122 Å². The molecule has 0 bridgehead atoms. The second-order valence-corrected chi connectivity index (χ2v) is 11.9. The van der Waals surface area contributed by atoms with Crippen LogP contribution in [0.3, 0.4) is 0 Å². The highest BCUT2D eigenvalue weighted by atomic mass is 35.6. The smallest absolute Gasteiger partial charge is 0.358 e. The molecule has 0 N–H and O–H groups in total. The molecule has 0 saturated heterocycles. The second kappa shape index (κ2) is 10.2. The summed E-state index contributed by atoms with van der Waals surface area (Å²) in [6.07, 6.45) is 0. The molecule has 0 atom stereocenters. The predicted octanol–water partition coefficient (Wildman–Crippen LogP) is 4.73. The van der Waals surface area contributed by atoms with Gasteiger partial charge in [-0.25, -0.2) is 14.4 Å². The SMILES string of the molecule is CC(COC(=O)C(Cl)(Cl)Cl)(COC(=O)C(Cl)(Cl)Cl)COC(=O)C(Cl)(Cl)Cl. The van der Waals surface area contributed by atoms with E-state index in [1.54, 1.807) is 0 Å². The Hall–Kier alpha value is 1.02. The molecule has 0 fully saturated rings. The van der Waals surface area contributed by atoms with Gasteiger partial charge in [-0.1, -0.05) is 104 Å². The van der Waals surface area contributed by atoms with Gasteiger partial charge in [0.25, 0.3) is 11.4 Å².